The molecule has 24 heavy (non-hydrogen) atoms. The van der Waals surface area contributed by atoms with Crippen molar-refractivity contribution in [3.8, 4) is 5.75 Å². The van der Waals surface area contributed by atoms with Gasteiger partial charge in [-0.1, -0.05) is 46.2 Å². The molecule has 0 N–H and O–H groups in total. The smallest absolute Gasteiger partial charge is 0.119 e. The van der Waals surface area contributed by atoms with E-state index in [9.17, 15) is 0 Å². The van der Waals surface area contributed by atoms with Crippen molar-refractivity contribution in [3.63, 3.8) is 0 Å². The van der Waals surface area contributed by atoms with E-state index in [1.54, 1.807) is 0 Å². The highest BCUT2D eigenvalue weighted by molar-refractivity contribution is 5.82. The van der Waals surface area contributed by atoms with Crippen molar-refractivity contribution in [3.05, 3.63) is 59.7 Å². The van der Waals surface area contributed by atoms with Gasteiger partial charge in [0.25, 0.3) is 0 Å². The second-order valence-corrected chi connectivity index (χ2v) is 7.43. The fourth-order valence-electron chi connectivity index (χ4n) is 2.45. The van der Waals surface area contributed by atoms with Crippen LogP contribution in [0, 0.1) is 5.41 Å². The van der Waals surface area contributed by atoms with Gasteiger partial charge in [0, 0.05) is 6.21 Å². The van der Waals surface area contributed by atoms with E-state index in [4.69, 9.17) is 4.74 Å². The van der Waals surface area contributed by atoms with Gasteiger partial charge >= 0.3 is 0 Å². The molecular weight excluding hydrogens is 294 g/mol. The SMILES string of the molecule is CCCCOc1ccc(C=Nc2ccc(CC(C)(C)C)cc2)cc1. The van der Waals surface area contributed by atoms with Gasteiger partial charge in [-0.3, -0.25) is 4.99 Å². The summed E-state index contributed by atoms with van der Waals surface area (Å²) in [4.78, 5) is 4.55. The highest BCUT2D eigenvalue weighted by Crippen LogP contribution is 2.22. The molecule has 2 heteroatoms. The lowest BCUT2D eigenvalue weighted by Gasteiger charge is -2.17. The normalized spacial score (nSPS) is 11.8. The van der Waals surface area contributed by atoms with Gasteiger partial charge in [0.05, 0.1) is 12.3 Å². The van der Waals surface area contributed by atoms with Gasteiger partial charge in [-0.25, -0.2) is 0 Å². The van der Waals surface area contributed by atoms with Crippen LogP contribution in [0.3, 0.4) is 0 Å². The van der Waals surface area contributed by atoms with Gasteiger partial charge in [-0.15, -0.1) is 0 Å². The quantitative estimate of drug-likeness (QED) is 0.439. The van der Waals surface area contributed by atoms with Gasteiger partial charge < -0.3 is 4.74 Å². The second kappa shape index (κ2) is 8.68. The Labute approximate surface area is 146 Å². The van der Waals surface area contributed by atoms with Crippen LogP contribution in [0.5, 0.6) is 5.75 Å². The molecule has 0 fully saturated rings. The largest absolute Gasteiger partial charge is 0.494 e. The maximum atomic E-state index is 5.67. The first-order valence-corrected chi connectivity index (χ1v) is 8.82. The Morgan fingerprint density at radius 2 is 1.62 bits per heavy atom. The number of unbranched alkanes of at least 4 members (excludes halogenated alkanes) is 1. The van der Waals surface area contributed by atoms with Crippen molar-refractivity contribution in [2.45, 2.75) is 47.0 Å². The lowest BCUT2D eigenvalue weighted by atomic mass is 9.88. The maximum absolute atomic E-state index is 5.67. The molecule has 128 valence electrons. The number of hydrogen-bond acceptors (Lipinski definition) is 2. The van der Waals surface area contributed by atoms with E-state index in [-0.39, 0.29) is 0 Å². The molecule has 0 bridgehead atoms. The lowest BCUT2D eigenvalue weighted by molar-refractivity contribution is 0.309. The monoisotopic (exact) mass is 323 g/mol. The average Bonchev–Trinajstić information content (AvgIpc) is 2.54. The summed E-state index contributed by atoms with van der Waals surface area (Å²) >= 11 is 0. The van der Waals surface area contributed by atoms with Gasteiger partial charge in [0.15, 0.2) is 0 Å². The summed E-state index contributed by atoms with van der Waals surface area (Å²) in [6.45, 7) is 9.72. The van der Waals surface area contributed by atoms with E-state index in [1.807, 2.05) is 30.5 Å². The van der Waals surface area contributed by atoms with Crippen LogP contribution in [0.15, 0.2) is 53.5 Å². The molecule has 0 aliphatic carbocycles. The van der Waals surface area contributed by atoms with Crippen LogP contribution in [0.25, 0.3) is 0 Å². The minimum absolute atomic E-state index is 0.311. The summed E-state index contributed by atoms with van der Waals surface area (Å²) in [5.41, 5.74) is 3.73. The molecule has 2 nitrogen and oxygen atoms in total. The van der Waals surface area contributed by atoms with Gasteiger partial charge in [0.1, 0.15) is 5.75 Å². The Hall–Kier alpha value is -2.09. The Morgan fingerprint density at radius 1 is 0.958 bits per heavy atom. The summed E-state index contributed by atoms with van der Waals surface area (Å²) < 4.78 is 5.67. The molecule has 0 heterocycles. The lowest BCUT2D eigenvalue weighted by Crippen LogP contribution is -2.08. The highest BCUT2D eigenvalue weighted by atomic mass is 16.5. The van der Waals surface area contributed by atoms with Crippen molar-refractivity contribution >= 4 is 11.9 Å². The fourth-order valence-corrected chi connectivity index (χ4v) is 2.45. The van der Waals surface area contributed by atoms with Crippen LogP contribution in [-0.2, 0) is 6.42 Å². The van der Waals surface area contributed by atoms with E-state index in [0.717, 1.165) is 42.9 Å². The molecule has 0 aliphatic rings. The predicted octanol–water partition coefficient (Wildman–Crippen LogP) is 6.20. The Morgan fingerprint density at radius 3 is 2.21 bits per heavy atom. The minimum atomic E-state index is 0.311. The zero-order chi connectivity index (χ0) is 17.4. The molecule has 2 rings (SSSR count). The topological polar surface area (TPSA) is 21.6 Å². The van der Waals surface area contributed by atoms with E-state index in [0.29, 0.717) is 5.41 Å². The van der Waals surface area contributed by atoms with Crippen molar-refractivity contribution < 1.29 is 4.74 Å². The first-order chi connectivity index (χ1) is 11.5. The summed E-state index contributed by atoms with van der Waals surface area (Å²) in [6.07, 6.45) is 5.22. The van der Waals surface area contributed by atoms with Crippen LogP contribution in [0.2, 0.25) is 0 Å². The first-order valence-electron chi connectivity index (χ1n) is 8.82. The van der Waals surface area contributed by atoms with Crippen molar-refractivity contribution in [2.24, 2.45) is 10.4 Å². The summed E-state index contributed by atoms with van der Waals surface area (Å²) in [7, 11) is 0. The minimum Gasteiger partial charge on any atom is -0.494 e. The van der Waals surface area contributed by atoms with Gasteiger partial charge in [-0.05, 0) is 65.8 Å². The number of benzene rings is 2. The van der Waals surface area contributed by atoms with E-state index in [2.05, 4.69) is 57.0 Å². The van der Waals surface area contributed by atoms with Crippen LogP contribution in [0.4, 0.5) is 5.69 Å². The van der Waals surface area contributed by atoms with Gasteiger partial charge in [-0.2, -0.15) is 0 Å². The molecule has 2 aromatic rings. The highest BCUT2D eigenvalue weighted by Gasteiger charge is 2.10. The summed E-state index contributed by atoms with van der Waals surface area (Å²) in [5, 5.41) is 0. The number of nitrogens with zero attached hydrogens (tertiary/aromatic N) is 1. The molecule has 0 spiro atoms. The van der Waals surface area contributed by atoms with E-state index in [1.165, 1.54) is 5.56 Å². The van der Waals surface area contributed by atoms with Crippen LogP contribution in [-0.4, -0.2) is 12.8 Å². The Balaban J connectivity index is 1.93. The summed E-state index contributed by atoms with van der Waals surface area (Å²) in [6, 6.07) is 16.6. The number of hydrogen-bond donors (Lipinski definition) is 0. The number of rotatable bonds is 7. The zero-order valence-corrected chi connectivity index (χ0v) is 15.4. The third kappa shape index (κ3) is 6.57. The molecule has 0 saturated heterocycles. The van der Waals surface area contributed by atoms with Gasteiger partial charge in [0.2, 0.25) is 0 Å². The third-order valence-electron chi connectivity index (χ3n) is 3.68. The Kier molecular flexibility index (Phi) is 6.60. The van der Waals surface area contributed by atoms with Crippen LogP contribution < -0.4 is 4.74 Å². The molecule has 0 aromatic heterocycles. The van der Waals surface area contributed by atoms with Crippen molar-refractivity contribution in [1.29, 1.82) is 0 Å². The third-order valence-corrected chi connectivity index (χ3v) is 3.68. The van der Waals surface area contributed by atoms with E-state index < -0.39 is 0 Å². The molecule has 0 unspecified atom stereocenters. The van der Waals surface area contributed by atoms with Crippen LogP contribution >= 0.6 is 0 Å². The molecule has 2 aromatic carbocycles. The molecule has 0 saturated carbocycles. The van der Waals surface area contributed by atoms with Crippen LogP contribution in [0.1, 0.15) is 51.7 Å². The van der Waals surface area contributed by atoms with Crippen molar-refractivity contribution in [2.75, 3.05) is 6.61 Å². The molecule has 0 amide bonds. The standard InChI is InChI=1S/C22H29NO/c1-5-6-15-24-21-13-9-19(10-14-21)17-23-20-11-7-18(8-12-20)16-22(2,3)4/h7-14,17H,5-6,15-16H2,1-4H3. The predicted molar refractivity (Wildman–Crippen MR) is 104 cm³/mol. The maximum Gasteiger partial charge on any atom is 0.119 e. The van der Waals surface area contributed by atoms with Crippen molar-refractivity contribution in [1.82, 2.24) is 0 Å². The fraction of sp³-hybridized carbons (Fsp3) is 0.409. The second-order valence-electron chi connectivity index (χ2n) is 7.43. The molecule has 0 aliphatic heterocycles. The zero-order valence-electron chi connectivity index (χ0n) is 15.4. The average molecular weight is 323 g/mol. The number of ether oxygens (including phenoxy) is 1. The first kappa shape index (κ1) is 18.3. The molecule has 0 radical (unpaired) electrons. The molecule has 0 atom stereocenters. The van der Waals surface area contributed by atoms with E-state index >= 15 is 0 Å². The molecular formula is C22H29NO. The Bertz CT molecular complexity index is 633. The summed E-state index contributed by atoms with van der Waals surface area (Å²) in [5.74, 6) is 0.923. The number of aliphatic imine (C=N–C) groups is 1.